The third-order valence-corrected chi connectivity index (χ3v) is 4.98. The summed E-state index contributed by atoms with van der Waals surface area (Å²) >= 11 is 12.3. The van der Waals surface area contributed by atoms with Crippen molar-refractivity contribution in [3.8, 4) is 0 Å². The highest BCUT2D eigenvalue weighted by Gasteiger charge is 2.30. The van der Waals surface area contributed by atoms with Gasteiger partial charge in [-0.25, -0.2) is 4.79 Å². The standard InChI is InChI=1S/C18H15Cl2N3O3/c19-10-1-3-15-13(5-10)14-6-11(20)2-4-16(14)22(15)8-12(24)9-23-17(25)7-21-18(23)26/h1-6,12,24H,7-9H2,(H,21,26)/t12-/m1/s1. The van der Waals surface area contributed by atoms with E-state index in [0.717, 1.165) is 26.7 Å². The molecule has 0 unspecified atom stereocenters. The fraction of sp³-hybridized carbons (Fsp3) is 0.222. The predicted molar refractivity (Wildman–Crippen MR) is 101 cm³/mol. The number of carbonyl (C=O) groups is 2. The van der Waals surface area contributed by atoms with E-state index in [1.54, 1.807) is 12.1 Å². The molecule has 1 aliphatic heterocycles. The highest BCUT2D eigenvalue weighted by Crippen LogP contribution is 2.33. The average Bonchev–Trinajstić information content (AvgIpc) is 3.07. The van der Waals surface area contributed by atoms with E-state index in [1.165, 1.54) is 0 Å². The molecule has 134 valence electrons. The highest BCUT2D eigenvalue weighted by molar-refractivity contribution is 6.33. The van der Waals surface area contributed by atoms with Crippen LogP contribution in [0.1, 0.15) is 0 Å². The minimum Gasteiger partial charge on any atom is -0.389 e. The number of aliphatic hydroxyl groups excluding tert-OH is 1. The van der Waals surface area contributed by atoms with Gasteiger partial charge < -0.3 is 15.0 Å². The first kappa shape index (κ1) is 17.1. The molecule has 2 heterocycles. The molecule has 1 saturated heterocycles. The van der Waals surface area contributed by atoms with E-state index in [9.17, 15) is 14.7 Å². The third-order valence-electron chi connectivity index (χ3n) is 4.51. The van der Waals surface area contributed by atoms with E-state index >= 15 is 0 Å². The summed E-state index contributed by atoms with van der Waals surface area (Å²) < 4.78 is 1.94. The Morgan fingerprint density at radius 2 is 1.58 bits per heavy atom. The summed E-state index contributed by atoms with van der Waals surface area (Å²) in [6.07, 6.45) is -0.909. The fourth-order valence-corrected chi connectivity index (χ4v) is 3.71. The van der Waals surface area contributed by atoms with Crippen molar-refractivity contribution < 1.29 is 14.7 Å². The van der Waals surface area contributed by atoms with Crippen LogP contribution in [0.4, 0.5) is 4.79 Å². The lowest BCUT2D eigenvalue weighted by molar-refractivity contribution is -0.126. The van der Waals surface area contributed by atoms with E-state index in [2.05, 4.69) is 5.32 Å². The van der Waals surface area contributed by atoms with Crippen molar-refractivity contribution in [3.63, 3.8) is 0 Å². The number of aliphatic hydroxyl groups is 1. The van der Waals surface area contributed by atoms with Crippen molar-refractivity contribution in [2.75, 3.05) is 13.1 Å². The fourth-order valence-electron chi connectivity index (χ4n) is 3.36. The topological polar surface area (TPSA) is 74.6 Å². The summed E-state index contributed by atoms with van der Waals surface area (Å²) in [5.74, 6) is -0.338. The van der Waals surface area contributed by atoms with Crippen LogP contribution < -0.4 is 5.32 Å². The maximum Gasteiger partial charge on any atom is 0.324 e. The number of carbonyl (C=O) groups excluding carboxylic acids is 2. The molecular formula is C18H15Cl2N3O3. The van der Waals surface area contributed by atoms with Crippen LogP contribution in [0.3, 0.4) is 0 Å². The predicted octanol–water partition coefficient (Wildman–Crippen LogP) is 3.01. The summed E-state index contributed by atoms with van der Waals surface area (Å²) in [5.41, 5.74) is 1.78. The van der Waals surface area contributed by atoms with Crippen molar-refractivity contribution in [2.45, 2.75) is 12.6 Å². The van der Waals surface area contributed by atoms with Gasteiger partial charge >= 0.3 is 6.03 Å². The number of rotatable bonds is 4. The maximum absolute atomic E-state index is 11.7. The molecule has 0 spiro atoms. The van der Waals surface area contributed by atoms with Gasteiger partial charge in [-0.2, -0.15) is 0 Å². The van der Waals surface area contributed by atoms with Crippen LogP contribution in [0.15, 0.2) is 36.4 Å². The zero-order valence-electron chi connectivity index (χ0n) is 13.6. The monoisotopic (exact) mass is 391 g/mol. The van der Waals surface area contributed by atoms with Crippen molar-refractivity contribution in [2.24, 2.45) is 0 Å². The number of imide groups is 1. The van der Waals surface area contributed by atoms with Crippen LogP contribution in [0.2, 0.25) is 10.0 Å². The van der Waals surface area contributed by atoms with Gasteiger partial charge in [-0.05, 0) is 36.4 Å². The molecule has 2 aromatic carbocycles. The number of hydrogen-bond donors (Lipinski definition) is 2. The zero-order valence-corrected chi connectivity index (χ0v) is 15.1. The molecule has 26 heavy (non-hydrogen) atoms. The van der Waals surface area contributed by atoms with Crippen LogP contribution in [0.25, 0.3) is 21.8 Å². The summed E-state index contributed by atoms with van der Waals surface area (Å²) in [6.45, 7) is 0.130. The van der Waals surface area contributed by atoms with Crippen molar-refractivity contribution in [1.82, 2.24) is 14.8 Å². The van der Waals surface area contributed by atoms with Gasteiger partial charge in [0.2, 0.25) is 5.91 Å². The van der Waals surface area contributed by atoms with Gasteiger partial charge in [0.15, 0.2) is 0 Å². The molecule has 2 N–H and O–H groups in total. The Labute approximate surface area is 158 Å². The molecule has 3 aromatic rings. The molecule has 1 fully saturated rings. The Bertz CT molecular complexity index is 972. The number of nitrogens with one attached hydrogen (secondary N) is 1. The minimum absolute atomic E-state index is 0.0298. The second kappa shape index (κ2) is 6.46. The minimum atomic E-state index is -0.909. The first-order valence-electron chi connectivity index (χ1n) is 8.07. The second-order valence-corrected chi connectivity index (χ2v) is 7.12. The van der Waals surface area contributed by atoms with Crippen LogP contribution in [-0.4, -0.2) is 45.7 Å². The number of hydrogen-bond acceptors (Lipinski definition) is 3. The van der Waals surface area contributed by atoms with Crippen molar-refractivity contribution >= 4 is 56.9 Å². The lowest BCUT2D eigenvalue weighted by Crippen LogP contribution is -2.39. The Morgan fingerprint density at radius 1 is 1.00 bits per heavy atom. The largest absolute Gasteiger partial charge is 0.389 e. The SMILES string of the molecule is O=C1CNC(=O)N1C[C@H](O)Cn1c2ccc(Cl)cc2c2cc(Cl)ccc21. The number of β-amino-alcohol motifs (C(OH)–C–C–N with tert-alkyl or cyclic N) is 1. The normalized spacial score (nSPS) is 15.9. The van der Waals surface area contributed by atoms with Gasteiger partial charge in [0, 0.05) is 31.9 Å². The van der Waals surface area contributed by atoms with Crippen molar-refractivity contribution in [3.05, 3.63) is 46.4 Å². The van der Waals surface area contributed by atoms with E-state index in [1.807, 2.05) is 28.8 Å². The average molecular weight is 392 g/mol. The Kier molecular flexibility index (Phi) is 4.26. The molecule has 1 atom stereocenters. The van der Waals surface area contributed by atoms with E-state index in [-0.39, 0.29) is 25.5 Å². The Hall–Kier alpha value is -2.28. The van der Waals surface area contributed by atoms with E-state index in [4.69, 9.17) is 23.2 Å². The number of amides is 3. The Balaban J connectivity index is 1.73. The molecule has 1 aromatic heterocycles. The van der Waals surface area contributed by atoms with Gasteiger partial charge in [-0.1, -0.05) is 23.2 Å². The molecular weight excluding hydrogens is 377 g/mol. The molecule has 8 heteroatoms. The molecule has 1 aliphatic rings. The second-order valence-electron chi connectivity index (χ2n) is 6.25. The first-order chi connectivity index (χ1) is 12.4. The van der Waals surface area contributed by atoms with Crippen LogP contribution in [-0.2, 0) is 11.3 Å². The lowest BCUT2D eigenvalue weighted by atomic mass is 10.1. The number of fused-ring (bicyclic) bond motifs is 3. The van der Waals surface area contributed by atoms with Crippen LogP contribution in [0, 0.1) is 0 Å². The number of halogens is 2. The van der Waals surface area contributed by atoms with Gasteiger partial charge in [0.05, 0.1) is 25.7 Å². The highest BCUT2D eigenvalue weighted by atomic mass is 35.5. The quantitative estimate of drug-likeness (QED) is 0.671. The van der Waals surface area contributed by atoms with Gasteiger partial charge in [-0.3, -0.25) is 9.69 Å². The first-order valence-corrected chi connectivity index (χ1v) is 8.83. The van der Waals surface area contributed by atoms with Gasteiger partial charge in [0.25, 0.3) is 0 Å². The number of urea groups is 1. The number of nitrogens with zero attached hydrogens (tertiary/aromatic N) is 2. The zero-order chi connectivity index (χ0) is 18.4. The lowest BCUT2D eigenvalue weighted by Gasteiger charge is -2.19. The summed E-state index contributed by atoms with van der Waals surface area (Å²) in [5, 5.41) is 16.0. The van der Waals surface area contributed by atoms with Crippen molar-refractivity contribution in [1.29, 1.82) is 0 Å². The summed E-state index contributed by atoms with van der Waals surface area (Å²) in [4.78, 5) is 24.4. The van der Waals surface area contributed by atoms with Gasteiger partial charge in [-0.15, -0.1) is 0 Å². The molecule has 0 saturated carbocycles. The smallest absolute Gasteiger partial charge is 0.324 e. The molecule has 0 aliphatic carbocycles. The number of benzene rings is 2. The summed E-state index contributed by atoms with van der Waals surface area (Å²) in [7, 11) is 0. The van der Waals surface area contributed by atoms with E-state index in [0.29, 0.717) is 10.0 Å². The molecule has 6 nitrogen and oxygen atoms in total. The van der Waals surface area contributed by atoms with Crippen LogP contribution in [0.5, 0.6) is 0 Å². The maximum atomic E-state index is 11.7. The molecule has 4 rings (SSSR count). The molecule has 0 bridgehead atoms. The number of aromatic nitrogens is 1. The summed E-state index contributed by atoms with van der Waals surface area (Å²) in [6, 6.07) is 10.6. The van der Waals surface area contributed by atoms with Crippen LogP contribution >= 0.6 is 23.2 Å². The third kappa shape index (κ3) is 2.90. The molecule has 3 amide bonds. The Morgan fingerprint density at radius 3 is 2.08 bits per heavy atom. The van der Waals surface area contributed by atoms with Gasteiger partial charge in [0.1, 0.15) is 0 Å². The van der Waals surface area contributed by atoms with E-state index < -0.39 is 12.1 Å². The molecule has 0 radical (unpaired) electrons.